The predicted octanol–water partition coefficient (Wildman–Crippen LogP) is 9.02. The van der Waals surface area contributed by atoms with Crippen LogP contribution in [0.15, 0.2) is 309 Å². The second-order valence-electron chi connectivity index (χ2n) is 35.7. The Balaban J connectivity index is 0.000000178. The lowest BCUT2D eigenvalue weighted by Crippen LogP contribution is -2.57. The van der Waals surface area contributed by atoms with Gasteiger partial charge in [-0.2, -0.15) is 0 Å². The predicted molar refractivity (Wildman–Crippen MR) is 549 cm³/mol. The summed E-state index contributed by atoms with van der Waals surface area (Å²) in [6.07, 6.45) is 12.5. The highest BCUT2D eigenvalue weighted by Gasteiger charge is 2.44. The zero-order chi connectivity index (χ0) is 101. The van der Waals surface area contributed by atoms with Crippen LogP contribution >= 0.6 is 0 Å². The van der Waals surface area contributed by atoms with Crippen LogP contribution in [0.5, 0.6) is 0 Å². The number of nitrogens with zero attached hydrogens (tertiary/aromatic N) is 2. The minimum atomic E-state index is -3.95. The molecule has 0 radical (unpaired) electrons. The van der Waals surface area contributed by atoms with Gasteiger partial charge in [-0.1, -0.05) is 224 Å². The number of aryl methyl sites for hydroxylation is 3. The van der Waals surface area contributed by atoms with E-state index in [1.807, 2.05) is 170 Å². The van der Waals surface area contributed by atoms with E-state index in [-0.39, 0.29) is 76.1 Å². The van der Waals surface area contributed by atoms with Crippen molar-refractivity contribution in [2.45, 2.75) is 160 Å². The first-order valence-electron chi connectivity index (χ1n) is 46.6. The molecular weight excluding hydrogens is 1770 g/mol. The van der Waals surface area contributed by atoms with Crippen LogP contribution in [0.25, 0.3) is 10.9 Å². The molecule has 1 aromatic heterocycles. The van der Waals surface area contributed by atoms with Gasteiger partial charge < -0.3 is 82.1 Å². The molecular formula is C106H124B5N9O18S. The van der Waals surface area contributed by atoms with Crippen molar-refractivity contribution in [3.05, 3.63) is 376 Å². The van der Waals surface area contributed by atoms with E-state index in [0.717, 1.165) is 52.7 Å². The average molecular weight is 1900 g/mol. The first-order valence-corrected chi connectivity index (χ1v) is 48.1. The first-order chi connectivity index (χ1) is 66.4. The third kappa shape index (κ3) is 32.4. The average Bonchev–Trinajstić information content (AvgIpc) is 0.759. The van der Waals surface area contributed by atoms with Crippen LogP contribution in [0.4, 0.5) is 0 Å². The fourth-order valence-corrected chi connectivity index (χ4v) is 17.9. The molecule has 1 aliphatic carbocycles. The number of aromatic nitrogens is 1. The Labute approximate surface area is 815 Å². The SMILES string of the molecule is C=CC1CN2CCC1CC2C(NC(=O)c1ccc(C)cc1)c1ccnc2ccc(C)cc12.CC(C)NC(=O)c1ccc(B(O)O)cc1.CC(C)NC(=O)c1ccc(B(O)O)cc1.CC(NC(=O)c1ccc(B(O)O)cc1)C1CCCCC1.CC(NC(=O)c1ccc(B(O)O)cc1)c1ccccc1.Cc1ccc(S(=O)(=O)NC(c2ccccc2)C(NC(=O)c2ccc(B(O)O)cc2)c2ccccc2)cc1. The standard InChI is InChI=1S/C28H27BN2O5S.C28H31N3O.C15H22BNO3.C15H16BNO3.2C10H14BNO3/c1-20-12-18-25(19-13-20)37(35,36)31-27(22-10-6-3-7-11-22)26(21-8-4-2-5-9-21)30-28(32)23-14-16-24(17-15-23)29(33)34;1-4-20-17-31-14-12-22(20)16-26(31)27(30-28(32)21-8-5-18(2)6-9-21)23-11-13-29-25-10-7-19(3)15-24(23)25;2*1-11(12-5-3-2-4-6-12)17-15(18)13-7-9-14(10-8-13)16(19)20;2*1-7(2)12-10(13)8-3-5-9(6-4-8)11(14)15/h2-19,26-27,31,33-34H,1H3,(H,30,32);4-11,13,15,20,22,26-27H,1,12,14,16-17H2,2-3H3,(H,30,32);7-12,19-20H,2-6H2,1H3,(H,17,18);2-11,19-20H,1H3,(H,17,18);2*3-7,14-15H,1-2H3,(H,12,13). The van der Waals surface area contributed by atoms with Gasteiger partial charge >= 0.3 is 35.6 Å². The fraction of sp³-hybridized carbons (Fsp3) is 0.274. The molecule has 2 bridgehead atoms. The Hall–Kier alpha value is -12.8. The molecule has 9 unspecified atom stereocenters. The van der Waals surface area contributed by atoms with Crippen molar-refractivity contribution >= 4 is 119 Å². The lowest BCUT2D eigenvalue weighted by atomic mass is 9.73. The van der Waals surface area contributed by atoms with Crippen LogP contribution < -0.4 is 63.9 Å². The molecule has 33 heteroatoms. The van der Waals surface area contributed by atoms with Gasteiger partial charge in [0.15, 0.2) is 0 Å². The molecule has 12 aromatic rings. The second-order valence-corrected chi connectivity index (χ2v) is 37.4. The summed E-state index contributed by atoms with van der Waals surface area (Å²) in [5.41, 5.74) is 12.6. The number of carbonyl (C=O) groups is 6. The number of amides is 6. The molecule has 3 saturated heterocycles. The van der Waals surface area contributed by atoms with Gasteiger partial charge in [0.05, 0.1) is 34.6 Å². The number of benzene rings is 11. The third-order valence-corrected chi connectivity index (χ3v) is 26.0. The zero-order valence-electron chi connectivity index (χ0n) is 79.6. The molecule has 27 nitrogen and oxygen atoms in total. The van der Waals surface area contributed by atoms with Crippen LogP contribution in [-0.2, 0) is 10.0 Å². The van der Waals surface area contributed by atoms with Crippen molar-refractivity contribution in [1.29, 1.82) is 0 Å². The van der Waals surface area contributed by atoms with Crippen molar-refractivity contribution in [2.24, 2.45) is 17.8 Å². The molecule has 17 N–H and O–H groups in total. The summed E-state index contributed by atoms with van der Waals surface area (Å²) in [7, 11) is -11.6. The number of hydrogen-bond acceptors (Lipinski definition) is 20. The maximum Gasteiger partial charge on any atom is 0.488 e. The van der Waals surface area contributed by atoms with E-state index >= 15 is 0 Å². The monoisotopic (exact) mass is 1900 g/mol. The molecule has 16 rings (SSSR count). The lowest BCUT2D eigenvalue weighted by molar-refractivity contribution is 0.00170. The molecule has 4 fully saturated rings. The summed E-state index contributed by atoms with van der Waals surface area (Å²) in [6, 6.07) is 80.3. The molecule has 3 aliphatic heterocycles. The first kappa shape index (κ1) is 108. The molecule has 0 spiro atoms. The Kier molecular flexibility index (Phi) is 41.1. The highest BCUT2D eigenvalue weighted by molar-refractivity contribution is 7.89. The number of piperidine rings is 3. The van der Waals surface area contributed by atoms with Gasteiger partial charge in [0, 0.05) is 75.7 Å². The van der Waals surface area contributed by atoms with E-state index in [0.29, 0.717) is 84.1 Å². The molecule has 6 amide bonds. The van der Waals surface area contributed by atoms with E-state index in [1.54, 1.807) is 84.9 Å². The summed E-state index contributed by atoms with van der Waals surface area (Å²) >= 11 is 0. The number of carbonyl (C=O) groups excluding carboxylic acids is 6. The minimum Gasteiger partial charge on any atom is -0.423 e. The third-order valence-electron chi connectivity index (χ3n) is 24.5. The smallest absolute Gasteiger partial charge is 0.423 e. The molecule has 11 aromatic carbocycles. The van der Waals surface area contributed by atoms with E-state index in [2.05, 4.69) is 97.3 Å². The summed E-state index contributed by atoms with van der Waals surface area (Å²) in [6.45, 7) is 23.7. The van der Waals surface area contributed by atoms with Gasteiger partial charge in [0.25, 0.3) is 35.4 Å². The van der Waals surface area contributed by atoms with Crippen LogP contribution in [-0.4, -0.2) is 177 Å². The highest BCUT2D eigenvalue weighted by atomic mass is 32.2. The Bertz CT molecular complexity index is 6000. The number of fused-ring (bicyclic) bond motifs is 4. The Morgan fingerprint density at radius 1 is 0.403 bits per heavy atom. The van der Waals surface area contributed by atoms with Gasteiger partial charge in [-0.3, -0.25) is 38.7 Å². The van der Waals surface area contributed by atoms with Gasteiger partial charge in [0.1, 0.15) is 0 Å². The summed E-state index contributed by atoms with van der Waals surface area (Å²) in [5.74, 6) is 0.682. The maximum absolute atomic E-state index is 13.4. The van der Waals surface area contributed by atoms with Gasteiger partial charge in [-0.25, -0.2) is 13.1 Å². The second kappa shape index (κ2) is 52.8. The number of hydrogen-bond donors (Lipinski definition) is 17. The quantitative estimate of drug-likeness (QED) is 0.0160. The van der Waals surface area contributed by atoms with Gasteiger partial charge in [-0.15, -0.1) is 6.58 Å². The van der Waals surface area contributed by atoms with Crippen LogP contribution in [0.2, 0.25) is 0 Å². The van der Waals surface area contributed by atoms with Crippen LogP contribution in [0.3, 0.4) is 0 Å². The van der Waals surface area contributed by atoms with E-state index in [4.69, 9.17) is 40.2 Å². The van der Waals surface area contributed by atoms with E-state index in [1.165, 1.54) is 105 Å². The number of nitrogens with one attached hydrogen (secondary N) is 7. The largest absolute Gasteiger partial charge is 0.488 e. The van der Waals surface area contributed by atoms with Gasteiger partial charge in [-0.05, 0) is 265 Å². The van der Waals surface area contributed by atoms with Crippen molar-refractivity contribution in [3.63, 3.8) is 0 Å². The molecule has 9 atom stereocenters. The van der Waals surface area contributed by atoms with Crippen LogP contribution in [0, 0.1) is 38.5 Å². The highest BCUT2D eigenvalue weighted by Crippen LogP contribution is 2.43. The summed E-state index contributed by atoms with van der Waals surface area (Å²) < 4.78 is 29.7. The molecule has 722 valence electrons. The van der Waals surface area contributed by atoms with E-state index < -0.39 is 63.6 Å². The van der Waals surface area contributed by atoms with Crippen molar-refractivity contribution < 1.29 is 87.4 Å². The minimum absolute atomic E-state index is 0.0180. The molecule has 1 saturated carbocycles. The summed E-state index contributed by atoms with van der Waals surface area (Å²) in [4.78, 5) is 81.1. The fourth-order valence-electron chi connectivity index (χ4n) is 16.6. The van der Waals surface area contributed by atoms with Gasteiger partial charge in [0.2, 0.25) is 10.0 Å². The lowest BCUT2D eigenvalue weighted by Gasteiger charge is -2.51. The van der Waals surface area contributed by atoms with Crippen molar-refractivity contribution in [3.8, 4) is 0 Å². The Morgan fingerprint density at radius 2 is 0.763 bits per heavy atom. The molecule has 4 aliphatic rings. The Morgan fingerprint density at radius 3 is 1.15 bits per heavy atom. The van der Waals surface area contributed by atoms with Crippen molar-refractivity contribution in [1.82, 2.24) is 46.5 Å². The number of sulfonamides is 1. The van der Waals surface area contributed by atoms with Crippen LogP contribution in [0.1, 0.15) is 212 Å². The normalized spacial score (nSPS) is 15.7. The maximum atomic E-state index is 13.4. The zero-order valence-corrected chi connectivity index (χ0v) is 80.5. The molecule has 139 heavy (non-hydrogen) atoms. The number of pyridine rings is 1. The number of rotatable bonds is 28. The summed E-state index contributed by atoms with van der Waals surface area (Å²) in [5, 5.41) is 109. The van der Waals surface area contributed by atoms with E-state index in [9.17, 15) is 47.2 Å². The topological polar surface area (TPSA) is 439 Å². The van der Waals surface area contributed by atoms with Crippen molar-refractivity contribution in [2.75, 3.05) is 13.1 Å². The molecule has 4 heterocycles.